The summed E-state index contributed by atoms with van der Waals surface area (Å²) in [6.45, 7) is 8.94. The van der Waals surface area contributed by atoms with Crippen molar-refractivity contribution in [1.29, 1.82) is 0 Å². The first kappa shape index (κ1) is 14.3. The second kappa shape index (κ2) is 5.75. The SMILES string of the molecule is COC(C)c1nsc(NC(CN)C(C)(C)C)n1. The highest BCUT2D eigenvalue weighted by Crippen LogP contribution is 2.24. The van der Waals surface area contributed by atoms with Crippen molar-refractivity contribution in [2.24, 2.45) is 11.1 Å². The van der Waals surface area contributed by atoms with E-state index < -0.39 is 0 Å². The van der Waals surface area contributed by atoms with E-state index in [1.807, 2.05) is 6.92 Å². The monoisotopic (exact) mass is 258 g/mol. The van der Waals surface area contributed by atoms with Gasteiger partial charge in [0.1, 0.15) is 6.10 Å². The van der Waals surface area contributed by atoms with E-state index in [-0.39, 0.29) is 17.6 Å². The van der Waals surface area contributed by atoms with Gasteiger partial charge in [0.2, 0.25) is 5.13 Å². The molecule has 98 valence electrons. The lowest BCUT2D eigenvalue weighted by Gasteiger charge is -2.29. The lowest BCUT2D eigenvalue weighted by Crippen LogP contribution is -2.40. The summed E-state index contributed by atoms with van der Waals surface area (Å²) >= 11 is 1.35. The van der Waals surface area contributed by atoms with Crippen LogP contribution in [0.15, 0.2) is 0 Å². The lowest BCUT2D eigenvalue weighted by molar-refractivity contribution is 0.113. The fourth-order valence-electron chi connectivity index (χ4n) is 1.34. The molecule has 0 radical (unpaired) electrons. The van der Waals surface area contributed by atoms with Gasteiger partial charge in [-0.3, -0.25) is 0 Å². The molecule has 0 amide bonds. The van der Waals surface area contributed by atoms with Crippen LogP contribution in [0.4, 0.5) is 5.13 Å². The van der Waals surface area contributed by atoms with Gasteiger partial charge in [-0.25, -0.2) is 4.98 Å². The molecule has 1 aromatic heterocycles. The summed E-state index contributed by atoms with van der Waals surface area (Å²) in [6.07, 6.45) is -0.0761. The van der Waals surface area contributed by atoms with Crippen LogP contribution < -0.4 is 11.1 Å². The summed E-state index contributed by atoms with van der Waals surface area (Å²) in [5.74, 6) is 0.713. The number of hydrogen-bond acceptors (Lipinski definition) is 6. The lowest BCUT2D eigenvalue weighted by atomic mass is 9.87. The van der Waals surface area contributed by atoms with Gasteiger partial charge in [0.05, 0.1) is 0 Å². The Kier molecular flexibility index (Phi) is 4.85. The predicted molar refractivity (Wildman–Crippen MR) is 71.3 cm³/mol. The van der Waals surface area contributed by atoms with E-state index in [1.54, 1.807) is 7.11 Å². The third-order valence-electron chi connectivity index (χ3n) is 2.74. The van der Waals surface area contributed by atoms with E-state index in [4.69, 9.17) is 10.5 Å². The first-order valence-electron chi connectivity index (χ1n) is 5.71. The summed E-state index contributed by atoms with van der Waals surface area (Å²) < 4.78 is 9.44. The first-order chi connectivity index (χ1) is 7.88. The number of rotatable bonds is 5. The van der Waals surface area contributed by atoms with Crippen LogP contribution in [0.25, 0.3) is 0 Å². The van der Waals surface area contributed by atoms with E-state index in [0.29, 0.717) is 12.4 Å². The molecule has 0 aromatic carbocycles. The molecular formula is C11H22N4OS. The fourth-order valence-corrected chi connectivity index (χ4v) is 2.04. The molecule has 0 aliphatic heterocycles. The van der Waals surface area contributed by atoms with E-state index in [9.17, 15) is 0 Å². The molecule has 1 rings (SSSR count). The van der Waals surface area contributed by atoms with Crippen molar-refractivity contribution < 1.29 is 4.74 Å². The zero-order chi connectivity index (χ0) is 13.1. The summed E-state index contributed by atoms with van der Waals surface area (Å²) in [7, 11) is 1.65. The molecule has 0 aliphatic rings. The molecule has 0 fully saturated rings. The maximum Gasteiger partial charge on any atom is 0.202 e. The Bertz CT molecular complexity index is 347. The maximum absolute atomic E-state index is 5.77. The number of nitrogens with two attached hydrogens (primary N) is 1. The maximum atomic E-state index is 5.77. The summed E-state index contributed by atoms with van der Waals surface area (Å²) in [5, 5.41) is 4.13. The molecule has 0 spiro atoms. The zero-order valence-electron chi connectivity index (χ0n) is 11.2. The molecule has 0 aliphatic carbocycles. The second-order valence-corrected chi connectivity index (χ2v) is 5.89. The van der Waals surface area contributed by atoms with Crippen LogP contribution >= 0.6 is 11.5 Å². The van der Waals surface area contributed by atoms with E-state index >= 15 is 0 Å². The quantitative estimate of drug-likeness (QED) is 0.845. The molecule has 1 heterocycles. The van der Waals surface area contributed by atoms with E-state index in [0.717, 1.165) is 5.13 Å². The van der Waals surface area contributed by atoms with E-state index in [1.165, 1.54) is 11.5 Å². The van der Waals surface area contributed by atoms with Gasteiger partial charge >= 0.3 is 0 Å². The highest BCUT2D eigenvalue weighted by atomic mass is 32.1. The topological polar surface area (TPSA) is 73.1 Å². The Labute approximate surface area is 107 Å². The third-order valence-corrected chi connectivity index (χ3v) is 3.40. The van der Waals surface area contributed by atoms with Crippen molar-refractivity contribution in [3.05, 3.63) is 5.82 Å². The van der Waals surface area contributed by atoms with Crippen molar-refractivity contribution in [2.75, 3.05) is 19.0 Å². The zero-order valence-corrected chi connectivity index (χ0v) is 12.0. The number of ether oxygens (including phenoxy) is 1. The standard InChI is InChI=1S/C11H22N4OS/c1-7(16-5)9-14-10(17-15-9)13-8(6-12)11(2,3)4/h7-8H,6,12H2,1-5H3,(H,13,14,15). The summed E-state index contributed by atoms with van der Waals surface area (Å²) in [5.41, 5.74) is 5.86. The minimum Gasteiger partial charge on any atom is -0.374 e. The number of nitrogens with one attached hydrogen (secondary N) is 1. The predicted octanol–water partition coefficient (Wildman–Crippen LogP) is 2.03. The van der Waals surface area contributed by atoms with Gasteiger partial charge < -0.3 is 15.8 Å². The number of hydrogen-bond donors (Lipinski definition) is 2. The van der Waals surface area contributed by atoms with Crippen molar-refractivity contribution in [2.45, 2.75) is 39.8 Å². The number of methoxy groups -OCH3 is 1. The van der Waals surface area contributed by atoms with Crippen molar-refractivity contribution in [3.8, 4) is 0 Å². The minimum absolute atomic E-state index is 0.0761. The van der Waals surface area contributed by atoms with Gasteiger partial charge in [-0.15, -0.1) is 0 Å². The number of anilines is 1. The van der Waals surface area contributed by atoms with E-state index in [2.05, 4.69) is 35.4 Å². The van der Waals surface area contributed by atoms with Crippen molar-refractivity contribution in [1.82, 2.24) is 9.36 Å². The number of nitrogens with zero attached hydrogens (tertiary/aromatic N) is 2. The van der Waals surface area contributed by atoms with Crippen LogP contribution in [-0.2, 0) is 4.74 Å². The molecular weight excluding hydrogens is 236 g/mol. The van der Waals surface area contributed by atoms with Crippen LogP contribution in [0.1, 0.15) is 39.6 Å². The first-order valence-corrected chi connectivity index (χ1v) is 6.48. The number of aromatic nitrogens is 2. The van der Waals surface area contributed by atoms with Crippen molar-refractivity contribution in [3.63, 3.8) is 0 Å². The molecule has 2 atom stereocenters. The molecule has 3 N–H and O–H groups in total. The Morgan fingerprint density at radius 3 is 2.59 bits per heavy atom. The fraction of sp³-hybridized carbons (Fsp3) is 0.818. The molecule has 6 heteroatoms. The highest BCUT2D eigenvalue weighted by molar-refractivity contribution is 7.09. The van der Waals surface area contributed by atoms with Gasteiger partial charge in [0.25, 0.3) is 0 Å². The largest absolute Gasteiger partial charge is 0.374 e. The average Bonchev–Trinajstić information content (AvgIpc) is 2.71. The van der Waals surface area contributed by atoms with Crippen molar-refractivity contribution >= 4 is 16.7 Å². The average molecular weight is 258 g/mol. The van der Waals surface area contributed by atoms with Crippen LogP contribution in [0.3, 0.4) is 0 Å². The van der Waals surface area contributed by atoms with Crippen LogP contribution in [0.2, 0.25) is 0 Å². The highest BCUT2D eigenvalue weighted by Gasteiger charge is 2.24. The van der Waals surface area contributed by atoms with Crippen LogP contribution in [0.5, 0.6) is 0 Å². The molecule has 0 saturated heterocycles. The summed E-state index contributed by atoms with van der Waals surface area (Å²) in [4.78, 5) is 4.40. The minimum atomic E-state index is -0.0761. The van der Waals surface area contributed by atoms with Gasteiger partial charge in [0.15, 0.2) is 5.82 Å². The molecule has 2 unspecified atom stereocenters. The van der Waals surface area contributed by atoms with Gasteiger partial charge in [-0.1, -0.05) is 20.8 Å². The summed E-state index contributed by atoms with van der Waals surface area (Å²) in [6, 6.07) is 0.182. The van der Waals surface area contributed by atoms with Crippen LogP contribution in [0, 0.1) is 5.41 Å². The molecule has 0 saturated carbocycles. The molecule has 1 aromatic rings. The van der Waals surface area contributed by atoms with Crippen LogP contribution in [-0.4, -0.2) is 29.1 Å². The Morgan fingerprint density at radius 2 is 2.12 bits per heavy atom. The van der Waals surface area contributed by atoms with Gasteiger partial charge in [-0.05, 0) is 12.3 Å². The van der Waals surface area contributed by atoms with Gasteiger partial charge in [0, 0.05) is 31.2 Å². The molecule has 0 bridgehead atoms. The normalized spacial score (nSPS) is 15.6. The van der Waals surface area contributed by atoms with Gasteiger partial charge in [-0.2, -0.15) is 4.37 Å². The molecule has 5 nitrogen and oxygen atoms in total. The smallest absolute Gasteiger partial charge is 0.202 e. The third kappa shape index (κ3) is 3.90. The Hall–Kier alpha value is -0.720. The Morgan fingerprint density at radius 1 is 1.47 bits per heavy atom. The Balaban J connectivity index is 2.71. The molecule has 17 heavy (non-hydrogen) atoms. The second-order valence-electron chi connectivity index (χ2n) is 5.13.